The number of fused-ring (bicyclic) bond motifs is 1. The van der Waals surface area contributed by atoms with E-state index in [1.807, 2.05) is 37.2 Å². The number of hydrogen-bond acceptors (Lipinski definition) is 6. The van der Waals surface area contributed by atoms with Crippen LogP contribution in [0.15, 0.2) is 47.3 Å². The molecule has 5 rings (SSSR count). The Hall–Kier alpha value is -3.56. The number of hydrogen-bond donors (Lipinski definition) is 1. The molecule has 0 radical (unpaired) electrons. The third-order valence-corrected chi connectivity index (χ3v) is 7.21. The van der Waals surface area contributed by atoms with Crippen LogP contribution in [0.2, 0.25) is 0 Å². The van der Waals surface area contributed by atoms with Gasteiger partial charge in [0.1, 0.15) is 17.7 Å². The third-order valence-electron chi connectivity index (χ3n) is 7.21. The average molecular weight is 505 g/mol. The van der Waals surface area contributed by atoms with Crippen molar-refractivity contribution in [3.8, 4) is 22.6 Å². The molecule has 1 amide bonds. The lowest BCUT2D eigenvalue weighted by molar-refractivity contribution is 0.0780. The minimum atomic E-state index is -0.198. The Morgan fingerprint density at radius 2 is 1.95 bits per heavy atom. The van der Waals surface area contributed by atoms with E-state index in [-0.39, 0.29) is 23.3 Å². The summed E-state index contributed by atoms with van der Waals surface area (Å²) in [7, 11) is 7.78. The molecule has 37 heavy (non-hydrogen) atoms. The standard InChI is InChI=1S/C28H33FN6O2/c1-33(2)11-12-35(4)28(36)25-17-37-27(32-25)23-16-31-26-22(23)13-20(15-30-26)19-5-6-21(24(29)14-19)18-7-9-34(3)10-8-18/h5-6,13-18H,7-12H2,1-4H3,(H,30,31). The van der Waals surface area contributed by atoms with E-state index in [1.165, 1.54) is 6.26 Å². The lowest BCUT2D eigenvalue weighted by Gasteiger charge is -2.29. The summed E-state index contributed by atoms with van der Waals surface area (Å²) >= 11 is 0. The van der Waals surface area contributed by atoms with Crippen molar-refractivity contribution in [1.29, 1.82) is 0 Å². The molecule has 1 aliphatic rings. The second-order valence-corrected chi connectivity index (χ2v) is 10.2. The second kappa shape index (κ2) is 10.4. The first-order valence-corrected chi connectivity index (χ1v) is 12.6. The molecule has 1 aliphatic heterocycles. The largest absolute Gasteiger partial charge is 0.444 e. The van der Waals surface area contributed by atoms with Crippen LogP contribution in [0.3, 0.4) is 0 Å². The van der Waals surface area contributed by atoms with Gasteiger partial charge >= 0.3 is 0 Å². The van der Waals surface area contributed by atoms with Crippen molar-refractivity contribution in [2.24, 2.45) is 0 Å². The zero-order chi connectivity index (χ0) is 26.1. The van der Waals surface area contributed by atoms with Gasteiger partial charge in [-0.2, -0.15) is 0 Å². The topological polar surface area (TPSA) is 81.5 Å². The zero-order valence-electron chi connectivity index (χ0n) is 21.8. The fourth-order valence-corrected chi connectivity index (χ4v) is 4.84. The van der Waals surface area contributed by atoms with Crippen LogP contribution in [0.1, 0.15) is 34.8 Å². The van der Waals surface area contributed by atoms with Gasteiger partial charge < -0.3 is 24.1 Å². The number of piperidine rings is 1. The molecule has 4 aromatic rings. The lowest BCUT2D eigenvalue weighted by atomic mass is 9.88. The second-order valence-electron chi connectivity index (χ2n) is 10.2. The number of rotatable bonds is 7. The molecule has 1 fully saturated rings. The van der Waals surface area contributed by atoms with Gasteiger partial charge in [-0.3, -0.25) is 4.79 Å². The van der Waals surface area contributed by atoms with Crippen LogP contribution in [0.4, 0.5) is 4.39 Å². The monoisotopic (exact) mass is 504 g/mol. The van der Waals surface area contributed by atoms with Crippen LogP contribution in [0.5, 0.6) is 0 Å². The Kier molecular flexibility index (Phi) is 7.08. The number of pyridine rings is 1. The molecule has 1 N–H and O–H groups in total. The van der Waals surface area contributed by atoms with Gasteiger partial charge in [-0.05, 0) is 76.3 Å². The molecule has 8 nitrogen and oxygen atoms in total. The van der Waals surface area contributed by atoms with E-state index in [0.717, 1.165) is 54.6 Å². The van der Waals surface area contributed by atoms with E-state index in [0.29, 0.717) is 23.6 Å². The first-order chi connectivity index (χ1) is 17.8. The summed E-state index contributed by atoms with van der Waals surface area (Å²) < 4.78 is 20.8. The smallest absolute Gasteiger partial charge is 0.275 e. The summed E-state index contributed by atoms with van der Waals surface area (Å²) in [5.74, 6) is 0.218. The molecule has 4 heterocycles. The predicted octanol–water partition coefficient (Wildman–Crippen LogP) is 4.47. The van der Waals surface area contributed by atoms with Crippen LogP contribution in [-0.4, -0.2) is 89.9 Å². The number of benzene rings is 1. The van der Waals surface area contributed by atoms with Crippen molar-refractivity contribution in [3.05, 3.63) is 60.0 Å². The first kappa shape index (κ1) is 25.1. The van der Waals surface area contributed by atoms with Crippen molar-refractivity contribution in [2.45, 2.75) is 18.8 Å². The number of carbonyl (C=O) groups is 1. The molecular weight excluding hydrogens is 471 g/mol. The molecule has 0 saturated carbocycles. The number of H-pyrrole nitrogens is 1. The van der Waals surface area contributed by atoms with Crippen molar-refractivity contribution >= 4 is 16.9 Å². The molecule has 9 heteroatoms. The highest BCUT2D eigenvalue weighted by molar-refractivity contribution is 5.96. The van der Waals surface area contributed by atoms with Crippen LogP contribution in [0.25, 0.3) is 33.6 Å². The van der Waals surface area contributed by atoms with Crippen molar-refractivity contribution in [3.63, 3.8) is 0 Å². The Bertz CT molecular complexity index is 1400. The third kappa shape index (κ3) is 5.28. The number of likely N-dealkylation sites (N-methyl/N-ethyl adjacent to an activating group) is 2. The van der Waals surface area contributed by atoms with Crippen LogP contribution in [0, 0.1) is 5.82 Å². The molecule has 0 aliphatic carbocycles. The molecular formula is C28H33FN6O2. The molecule has 3 aromatic heterocycles. The maximum absolute atomic E-state index is 15.2. The van der Waals surface area contributed by atoms with E-state index in [9.17, 15) is 4.79 Å². The number of halogens is 1. The highest BCUT2D eigenvalue weighted by Crippen LogP contribution is 2.34. The summed E-state index contributed by atoms with van der Waals surface area (Å²) in [6.45, 7) is 3.32. The molecule has 0 unspecified atom stereocenters. The van der Waals surface area contributed by atoms with E-state index in [4.69, 9.17) is 4.42 Å². The van der Waals surface area contributed by atoms with Gasteiger partial charge in [0.05, 0.1) is 5.56 Å². The van der Waals surface area contributed by atoms with Crippen molar-refractivity contribution in [1.82, 2.24) is 29.7 Å². The summed E-state index contributed by atoms with van der Waals surface area (Å²) in [6, 6.07) is 7.44. The molecule has 0 spiro atoms. The number of likely N-dealkylation sites (tertiary alicyclic amines) is 1. The minimum Gasteiger partial charge on any atom is -0.444 e. The number of nitrogens with one attached hydrogen (secondary N) is 1. The summed E-state index contributed by atoms with van der Waals surface area (Å²) in [5, 5.41) is 0.791. The number of aromatic nitrogens is 3. The van der Waals surface area contributed by atoms with Crippen molar-refractivity contribution in [2.75, 3.05) is 54.4 Å². The lowest BCUT2D eigenvalue weighted by Crippen LogP contribution is -2.33. The normalized spacial score (nSPS) is 15.1. The van der Waals surface area contributed by atoms with Gasteiger partial charge in [0, 0.05) is 43.5 Å². The fourth-order valence-electron chi connectivity index (χ4n) is 4.84. The summed E-state index contributed by atoms with van der Waals surface area (Å²) in [5.41, 5.74) is 3.97. The number of nitrogens with zero attached hydrogens (tertiary/aromatic N) is 5. The molecule has 1 aromatic carbocycles. The quantitative estimate of drug-likeness (QED) is 0.400. The van der Waals surface area contributed by atoms with Gasteiger partial charge in [-0.15, -0.1) is 0 Å². The number of carbonyl (C=O) groups excluding carboxylic acids is 1. The summed E-state index contributed by atoms with van der Waals surface area (Å²) in [6.07, 6.45) is 6.83. The van der Waals surface area contributed by atoms with Gasteiger partial charge in [-0.25, -0.2) is 14.4 Å². The van der Waals surface area contributed by atoms with Gasteiger partial charge in [0.25, 0.3) is 5.91 Å². The first-order valence-electron chi connectivity index (χ1n) is 12.6. The fraction of sp³-hybridized carbons (Fsp3) is 0.393. The Morgan fingerprint density at radius 1 is 1.16 bits per heavy atom. The summed E-state index contributed by atoms with van der Waals surface area (Å²) in [4.78, 5) is 30.8. The number of aromatic amines is 1. The van der Waals surface area contributed by atoms with E-state index in [1.54, 1.807) is 30.4 Å². The number of amides is 1. The SMILES string of the molecule is CN(C)CCN(C)C(=O)c1coc(-c2c[nH]c3ncc(-c4ccc(C5CCN(C)CC5)c(F)c4)cc23)n1. The van der Waals surface area contributed by atoms with Gasteiger partial charge in [0.15, 0.2) is 5.69 Å². The Balaban J connectivity index is 1.39. The van der Waals surface area contributed by atoms with Crippen molar-refractivity contribution < 1.29 is 13.6 Å². The Labute approximate surface area is 216 Å². The molecule has 194 valence electrons. The van der Waals surface area contributed by atoms with Crippen LogP contribution < -0.4 is 0 Å². The number of oxazole rings is 1. The molecule has 1 saturated heterocycles. The minimum absolute atomic E-state index is 0.171. The Morgan fingerprint density at radius 3 is 2.68 bits per heavy atom. The molecule has 0 bridgehead atoms. The highest BCUT2D eigenvalue weighted by Gasteiger charge is 2.22. The predicted molar refractivity (Wildman–Crippen MR) is 142 cm³/mol. The maximum Gasteiger partial charge on any atom is 0.275 e. The van der Waals surface area contributed by atoms with E-state index >= 15 is 4.39 Å². The van der Waals surface area contributed by atoms with E-state index in [2.05, 4.69) is 26.9 Å². The van der Waals surface area contributed by atoms with Crippen LogP contribution >= 0.6 is 0 Å². The average Bonchev–Trinajstić information content (AvgIpc) is 3.54. The maximum atomic E-state index is 15.2. The van der Waals surface area contributed by atoms with Gasteiger partial charge in [-0.1, -0.05) is 12.1 Å². The zero-order valence-corrected chi connectivity index (χ0v) is 21.8. The molecule has 0 atom stereocenters. The highest BCUT2D eigenvalue weighted by atomic mass is 19.1. The van der Waals surface area contributed by atoms with Crippen LogP contribution in [-0.2, 0) is 0 Å². The van der Waals surface area contributed by atoms with Gasteiger partial charge in [0.2, 0.25) is 5.89 Å². The van der Waals surface area contributed by atoms with E-state index < -0.39 is 0 Å².